The van der Waals surface area contributed by atoms with E-state index < -0.39 is 27.9 Å². The molecule has 48 heavy (non-hydrogen) atoms. The van der Waals surface area contributed by atoms with E-state index in [4.69, 9.17) is 4.98 Å². The Bertz CT molecular complexity index is 2040. The maximum absolute atomic E-state index is 12.3. The second-order valence-electron chi connectivity index (χ2n) is 12.0. The Morgan fingerprint density at radius 2 is 1.56 bits per heavy atom. The zero-order valence-electron chi connectivity index (χ0n) is 26.6. The summed E-state index contributed by atoms with van der Waals surface area (Å²) in [5.74, 6) is -1.84. The molecule has 0 aliphatic rings. The van der Waals surface area contributed by atoms with Crippen LogP contribution in [-0.2, 0) is 37.9 Å². The number of aryl methyl sites for hydroxylation is 1. The molecule has 0 atom stereocenters. The molecule has 252 valence electrons. The first-order valence-electron chi connectivity index (χ1n) is 14.5. The number of imidazole rings is 1. The third-order valence-electron chi connectivity index (χ3n) is 7.30. The fourth-order valence-corrected chi connectivity index (χ4v) is 5.53. The lowest BCUT2D eigenvalue weighted by Crippen LogP contribution is -2.35. The van der Waals surface area contributed by atoms with Crippen molar-refractivity contribution in [3.63, 3.8) is 0 Å². The zero-order chi connectivity index (χ0) is 34.9. The average molecular weight is 683 g/mol. The second-order valence-corrected chi connectivity index (χ2v) is 13.7. The molecule has 2 aromatic heterocycles. The van der Waals surface area contributed by atoms with Crippen LogP contribution in [0.3, 0.4) is 0 Å². The van der Waals surface area contributed by atoms with Gasteiger partial charge in [-0.3, -0.25) is 0 Å². The summed E-state index contributed by atoms with van der Waals surface area (Å²) in [5, 5.41) is 6.44. The van der Waals surface area contributed by atoms with Crippen LogP contribution in [0.15, 0.2) is 79.0 Å². The highest BCUT2D eigenvalue weighted by molar-refractivity contribution is 7.88. The largest absolute Gasteiger partial charge is 0.492 e. The molecule has 0 amide bonds. The van der Waals surface area contributed by atoms with Gasteiger partial charge < -0.3 is 24.9 Å². The summed E-state index contributed by atoms with van der Waals surface area (Å²) in [6.07, 6.45) is -3.75. The number of sulfonamides is 1. The van der Waals surface area contributed by atoms with Gasteiger partial charge in [-0.1, -0.05) is 45.0 Å². The van der Waals surface area contributed by atoms with Gasteiger partial charge >= 0.3 is 12.1 Å². The van der Waals surface area contributed by atoms with Crippen molar-refractivity contribution in [3.8, 4) is 0 Å². The molecule has 0 bridgehead atoms. The van der Waals surface area contributed by atoms with E-state index in [1.54, 1.807) is 24.4 Å². The van der Waals surface area contributed by atoms with Gasteiger partial charge in [-0.15, -0.1) is 0 Å². The average Bonchev–Trinajstić information content (AvgIpc) is 3.33. The van der Waals surface area contributed by atoms with Gasteiger partial charge in [-0.05, 0) is 70.0 Å². The first-order chi connectivity index (χ1) is 22.5. The minimum Gasteiger partial charge on any atom is -0.348 e. The van der Waals surface area contributed by atoms with Gasteiger partial charge in [0.1, 0.15) is 5.82 Å². The zero-order valence-corrected chi connectivity index (χ0v) is 27.4. The second kappa shape index (κ2) is 13.1. The lowest BCUT2D eigenvalue weighted by atomic mass is 9.87. The lowest BCUT2D eigenvalue weighted by molar-refractivity contribution is -0.203. The van der Waals surface area contributed by atoms with E-state index in [-0.39, 0.29) is 16.9 Å². The summed E-state index contributed by atoms with van der Waals surface area (Å²) >= 11 is 0. The van der Waals surface area contributed by atoms with Crippen LogP contribution in [0.5, 0.6) is 0 Å². The van der Waals surface area contributed by atoms with Gasteiger partial charge in [0.2, 0.25) is 21.9 Å². The number of nitrogens with zero attached hydrogens (tertiary/aromatic N) is 5. The first kappa shape index (κ1) is 34.1. The number of alkyl halides is 3. The molecule has 3 aromatic carbocycles. The molecule has 0 saturated heterocycles. The summed E-state index contributed by atoms with van der Waals surface area (Å²) < 4.78 is 62.8. The number of halogens is 3. The van der Waals surface area contributed by atoms with Crippen molar-refractivity contribution >= 4 is 61.8 Å². The van der Waals surface area contributed by atoms with Gasteiger partial charge in [0, 0.05) is 37.4 Å². The number of rotatable bonds is 10. The quantitative estimate of drug-likeness (QED) is 0.143. The van der Waals surface area contributed by atoms with Crippen molar-refractivity contribution in [2.75, 3.05) is 22.6 Å². The Morgan fingerprint density at radius 3 is 2.21 bits per heavy atom. The number of aromatic nitrogens is 4. The maximum atomic E-state index is 12.3. The maximum Gasteiger partial charge on any atom is 0.492 e. The topological polar surface area (TPSA) is 143 Å². The highest BCUT2D eigenvalue weighted by atomic mass is 32.2. The highest BCUT2D eigenvalue weighted by Gasteiger charge is 2.42. The standard InChI is InChI=1S/C32H33F3N8O4S/c1-31(2,3)21-8-12-23(13-9-21)38-30-39-25-18-24(14-15-26(25)43(30)5)42(4)27-16-17-36-29(40-27)37-22-10-6-20(7-11-22)19-48(45,46)41-47-28(44)32(33,34)35/h6-18,41H,19H2,1-5H3,(H,38,39)(H,36,37,40). The molecule has 0 saturated carbocycles. The van der Waals surface area contributed by atoms with E-state index >= 15 is 0 Å². The Morgan fingerprint density at radius 1 is 0.917 bits per heavy atom. The van der Waals surface area contributed by atoms with Gasteiger partial charge in [0.15, 0.2) is 0 Å². The van der Waals surface area contributed by atoms with Crippen LogP contribution < -0.4 is 20.4 Å². The van der Waals surface area contributed by atoms with Crippen molar-refractivity contribution < 1.29 is 31.2 Å². The van der Waals surface area contributed by atoms with Crippen LogP contribution in [0.25, 0.3) is 11.0 Å². The van der Waals surface area contributed by atoms with E-state index in [0.29, 0.717) is 17.5 Å². The number of nitrogens with one attached hydrogen (secondary N) is 3. The van der Waals surface area contributed by atoms with Crippen molar-refractivity contribution in [1.82, 2.24) is 24.4 Å². The Hall–Kier alpha value is -5.22. The van der Waals surface area contributed by atoms with Crippen LogP contribution in [-0.4, -0.2) is 47.1 Å². The van der Waals surface area contributed by atoms with E-state index in [1.807, 2.05) is 53.9 Å². The molecule has 16 heteroatoms. The Balaban J connectivity index is 1.24. The molecular formula is C32H33F3N8O4S. The van der Waals surface area contributed by atoms with E-state index in [1.165, 1.54) is 22.6 Å². The Kier molecular flexibility index (Phi) is 9.33. The fourth-order valence-electron chi connectivity index (χ4n) is 4.64. The third-order valence-corrected chi connectivity index (χ3v) is 8.35. The number of hydrogen-bond donors (Lipinski definition) is 3. The molecule has 3 N–H and O–H groups in total. The molecule has 0 radical (unpaired) electrons. The van der Waals surface area contributed by atoms with Crippen LogP contribution in [0.2, 0.25) is 0 Å². The molecular weight excluding hydrogens is 649 g/mol. The Labute approximate surface area is 275 Å². The molecule has 2 heterocycles. The number of hydrogen-bond acceptors (Lipinski definition) is 10. The normalized spacial score (nSPS) is 12.2. The molecule has 0 aliphatic heterocycles. The van der Waals surface area contributed by atoms with Crippen LogP contribution in [0.1, 0.15) is 31.9 Å². The predicted octanol–water partition coefficient (Wildman–Crippen LogP) is 6.36. The van der Waals surface area contributed by atoms with E-state index in [9.17, 15) is 26.4 Å². The van der Waals surface area contributed by atoms with Crippen molar-refractivity contribution in [2.45, 2.75) is 38.1 Å². The third kappa shape index (κ3) is 8.19. The van der Waals surface area contributed by atoms with Crippen LogP contribution in [0.4, 0.5) is 47.9 Å². The number of benzene rings is 3. The summed E-state index contributed by atoms with van der Waals surface area (Å²) in [6.45, 7) is 6.52. The molecule has 0 fully saturated rings. The number of anilines is 6. The summed E-state index contributed by atoms with van der Waals surface area (Å²) in [5.41, 5.74) is 5.57. The summed E-state index contributed by atoms with van der Waals surface area (Å²) in [6, 6.07) is 21.9. The van der Waals surface area contributed by atoms with E-state index in [2.05, 4.69) is 58.3 Å². The SMILES string of the molecule is CN(c1ccc2c(c1)nc(Nc1ccc(C(C)(C)C)cc1)n2C)c1ccnc(Nc2ccc(CS(=O)(=O)NOC(=O)C(F)(F)F)cc2)n1. The van der Waals surface area contributed by atoms with Crippen molar-refractivity contribution in [3.05, 3.63) is 90.1 Å². The fraction of sp³-hybridized carbons (Fsp3) is 0.250. The number of carbonyl (C=O) groups is 1. The minimum atomic E-state index is -5.33. The summed E-state index contributed by atoms with van der Waals surface area (Å²) in [7, 11) is -0.580. The van der Waals surface area contributed by atoms with E-state index in [0.717, 1.165) is 22.4 Å². The molecule has 12 nitrogen and oxygen atoms in total. The van der Waals surface area contributed by atoms with Crippen molar-refractivity contribution in [2.24, 2.45) is 7.05 Å². The van der Waals surface area contributed by atoms with Gasteiger partial charge in [0.05, 0.1) is 16.8 Å². The number of carbonyl (C=O) groups excluding carboxylic acids is 1. The van der Waals surface area contributed by atoms with Gasteiger partial charge in [-0.2, -0.15) is 18.2 Å². The molecule has 5 rings (SSSR count). The number of fused-ring (bicyclic) bond motifs is 1. The van der Waals surface area contributed by atoms with Gasteiger partial charge in [-0.25, -0.2) is 23.2 Å². The van der Waals surface area contributed by atoms with Crippen molar-refractivity contribution in [1.29, 1.82) is 0 Å². The molecule has 0 aliphatic carbocycles. The van der Waals surface area contributed by atoms with Gasteiger partial charge in [0.25, 0.3) is 0 Å². The van der Waals surface area contributed by atoms with Crippen LogP contribution >= 0.6 is 0 Å². The molecule has 5 aromatic rings. The minimum absolute atomic E-state index is 0.0619. The summed E-state index contributed by atoms with van der Waals surface area (Å²) in [4.78, 5) is 31.1. The molecule has 0 unspecified atom stereocenters. The molecule has 0 spiro atoms. The first-order valence-corrected chi connectivity index (χ1v) is 16.2. The smallest absolute Gasteiger partial charge is 0.348 e. The highest BCUT2D eigenvalue weighted by Crippen LogP contribution is 2.30. The van der Waals surface area contributed by atoms with Crippen LogP contribution in [0, 0.1) is 0 Å². The monoisotopic (exact) mass is 682 g/mol. The lowest BCUT2D eigenvalue weighted by Gasteiger charge is -2.19. The predicted molar refractivity (Wildman–Crippen MR) is 177 cm³/mol.